The summed E-state index contributed by atoms with van der Waals surface area (Å²) < 4.78 is 59.0. The third-order valence-electron chi connectivity index (χ3n) is 7.86. The Morgan fingerprint density at radius 3 is 0.717 bits per heavy atom. The van der Waals surface area contributed by atoms with Crippen molar-refractivity contribution in [2.24, 2.45) is 0 Å². The van der Waals surface area contributed by atoms with Crippen LogP contribution in [0.5, 0.6) is 69.0 Å². The maximum Gasteiger partial charge on any atom is 0.203 e. The molecule has 0 spiro atoms. The van der Waals surface area contributed by atoms with E-state index in [1.807, 2.05) is 48.5 Å². The number of aryl methyl sites for hydroxylation is 4. The molecule has 0 amide bonds. The Balaban J connectivity index is 1.72. The van der Waals surface area contributed by atoms with Crippen LogP contribution in [0.1, 0.15) is 22.3 Å². The van der Waals surface area contributed by atoms with Crippen molar-refractivity contribution in [1.82, 2.24) is 0 Å². The van der Waals surface area contributed by atoms with Crippen LogP contribution in [0, 0.1) is 0 Å². The van der Waals surface area contributed by atoms with Crippen molar-refractivity contribution in [3.05, 3.63) is 70.8 Å². The van der Waals surface area contributed by atoms with Gasteiger partial charge >= 0.3 is 0 Å². The second-order valence-electron chi connectivity index (χ2n) is 10.5. The van der Waals surface area contributed by atoms with Gasteiger partial charge in [0.1, 0.15) is 0 Å². The van der Waals surface area contributed by atoms with E-state index in [1.54, 1.807) is 56.9 Å². The molecular weight excluding hydrogens is 592 g/mol. The van der Waals surface area contributed by atoms with E-state index in [0.717, 1.165) is 22.3 Å². The van der Waals surface area contributed by atoms with E-state index in [1.165, 1.54) is 0 Å². The van der Waals surface area contributed by atoms with Crippen LogP contribution in [0.4, 0.5) is 0 Å². The normalized spacial score (nSPS) is 12.3. The van der Waals surface area contributed by atoms with E-state index < -0.39 is 0 Å². The molecule has 244 valence electrons. The van der Waals surface area contributed by atoms with Crippen LogP contribution >= 0.6 is 0 Å². The number of methoxy groups -OCH3 is 8. The monoisotopic (exact) mass is 632 g/mol. The zero-order valence-electron chi connectivity index (χ0n) is 27.5. The quantitative estimate of drug-likeness (QED) is 0.198. The van der Waals surface area contributed by atoms with Gasteiger partial charge < -0.3 is 47.4 Å². The fourth-order valence-electron chi connectivity index (χ4n) is 5.63. The first-order valence-electron chi connectivity index (χ1n) is 14.7. The second kappa shape index (κ2) is 14.3. The highest BCUT2D eigenvalue weighted by Crippen LogP contribution is 2.48. The highest BCUT2D eigenvalue weighted by Gasteiger charge is 2.23. The van der Waals surface area contributed by atoms with Gasteiger partial charge in [0.2, 0.25) is 23.0 Å². The van der Waals surface area contributed by atoms with E-state index in [4.69, 9.17) is 47.4 Å². The van der Waals surface area contributed by atoms with Crippen molar-refractivity contribution in [3.63, 3.8) is 0 Å². The minimum Gasteiger partial charge on any atom is -0.493 e. The minimum atomic E-state index is 0.465. The molecule has 4 aromatic rings. The molecule has 4 aromatic carbocycles. The van der Waals surface area contributed by atoms with E-state index in [9.17, 15) is 0 Å². The lowest BCUT2D eigenvalue weighted by atomic mass is 10.0. The zero-order valence-corrected chi connectivity index (χ0v) is 27.5. The molecule has 1 aliphatic heterocycles. The van der Waals surface area contributed by atoms with Crippen LogP contribution in [-0.2, 0) is 25.7 Å². The molecule has 10 nitrogen and oxygen atoms in total. The van der Waals surface area contributed by atoms with Gasteiger partial charge in [0, 0.05) is 0 Å². The molecule has 0 unspecified atom stereocenters. The summed E-state index contributed by atoms with van der Waals surface area (Å²) >= 11 is 0. The molecule has 0 saturated heterocycles. The van der Waals surface area contributed by atoms with Gasteiger partial charge in [-0.2, -0.15) is 0 Å². The van der Waals surface area contributed by atoms with Crippen molar-refractivity contribution < 1.29 is 47.4 Å². The molecule has 0 aliphatic carbocycles. The summed E-state index contributed by atoms with van der Waals surface area (Å²) in [4.78, 5) is 0. The highest BCUT2D eigenvalue weighted by molar-refractivity contribution is 5.61. The number of benzene rings is 4. The standard InChI is InChI=1S/C36H40O10/c1-37-25-13-21-9-10-22-14-27(39-3)35(43-7)31(19-22)46-32-20-24(16-28(40-4)36(32)44-8)12-11-23-15-26(38-2)34(42-6)30(18-23)45-29(17-21)33(25)41-5/h13-20H,9-12H2,1-8H3. The smallest absolute Gasteiger partial charge is 0.203 e. The number of fused-ring (bicyclic) bond motifs is 8. The predicted octanol–water partition coefficient (Wildman–Crippen LogP) is 7.22. The fraction of sp³-hybridized carbons (Fsp3) is 0.333. The van der Waals surface area contributed by atoms with Gasteiger partial charge in [0.05, 0.1) is 56.9 Å². The summed E-state index contributed by atoms with van der Waals surface area (Å²) in [5.41, 5.74) is 3.86. The Morgan fingerprint density at radius 1 is 0.326 bits per heavy atom. The topological polar surface area (TPSA) is 92.3 Å². The summed E-state index contributed by atoms with van der Waals surface area (Å²) in [5, 5.41) is 0. The molecule has 1 aliphatic rings. The van der Waals surface area contributed by atoms with Gasteiger partial charge in [-0.15, -0.1) is 0 Å². The Bertz CT molecular complexity index is 1450. The minimum absolute atomic E-state index is 0.465. The summed E-state index contributed by atoms with van der Waals surface area (Å²) in [6.07, 6.45) is 2.55. The molecule has 0 aromatic heterocycles. The van der Waals surface area contributed by atoms with Crippen molar-refractivity contribution in [2.45, 2.75) is 25.7 Å². The maximum absolute atomic E-state index is 6.55. The second-order valence-corrected chi connectivity index (χ2v) is 10.5. The molecule has 0 atom stereocenters. The lowest BCUT2D eigenvalue weighted by molar-refractivity contribution is 0.318. The largest absolute Gasteiger partial charge is 0.493 e. The van der Waals surface area contributed by atoms with Gasteiger partial charge in [-0.25, -0.2) is 0 Å². The first kappa shape index (κ1) is 32.3. The van der Waals surface area contributed by atoms with Gasteiger partial charge in [0.15, 0.2) is 46.0 Å². The molecular formula is C36H40O10. The summed E-state index contributed by atoms with van der Waals surface area (Å²) in [5.74, 6) is 5.96. The van der Waals surface area contributed by atoms with E-state index in [-0.39, 0.29) is 0 Å². The van der Waals surface area contributed by atoms with Gasteiger partial charge in [-0.3, -0.25) is 0 Å². The van der Waals surface area contributed by atoms with E-state index in [0.29, 0.717) is 94.7 Å². The van der Waals surface area contributed by atoms with Crippen molar-refractivity contribution in [2.75, 3.05) is 56.9 Å². The Kier molecular flexibility index (Phi) is 10.0. The zero-order chi connectivity index (χ0) is 32.8. The van der Waals surface area contributed by atoms with Crippen LogP contribution in [0.15, 0.2) is 48.5 Å². The predicted molar refractivity (Wildman–Crippen MR) is 173 cm³/mol. The van der Waals surface area contributed by atoms with Crippen molar-refractivity contribution in [1.29, 1.82) is 0 Å². The Hall–Kier alpha value is -5.12. The molecule has 5 rings (SSSR count). The molecule has 46 heavy (non-hydrogen) atoms. The summed E-state index contributed by atoms with van der Waals surface area (Å²) in [6, 6.07) is 15.6. The molecule has 0 radical (unpaired) electrons. The first-order valence-corrected chi connectivity index (χ1v) is 14.7. The van der Waals surface area contributed by atoms with Crippen LogP contribution in [0.2, 0.25) is 0 Å². The maximum atomic E-state index is 6.55. The fourth-order valence-corrected chi connectivity index (χ4v) is 5.63. The molecule has 0 N–H and O–H groups in total. The molecule has 1 heterocycles. The Morgan fingerprint density at radius 2 is 0.543 bits per heavy atom. The van der Waals surface area contributed by atoms with E-state index in [2.05, 4.69) is 0 Å². The van der Waals surface area contributed by atoms with Crippen LogP contribution in [0.3, 0.4) is 0 Å². The highest BCUT2D eigenvalue weighted by atomic mass is 16.6. The number of hydrogen-bond acceptors (Lipinski definition) is 10. The number of rotatable bonds is 8. The third kappa shape index (κ3) is 6.47. The lowest BCUT2D eigenvalue weighted by Gasteiger charge is -2.20. The number of ether oxygens (including phenoxy) is 10. The summed E-state index contributed by atoms with van der Waals surface area (Å²) in [7, 11) is 12.7. The van der Waals surface area contributed by atoms with Crippen LogP contribution in [-0.4, -0.2) is 56.9 Å². The molecule has 8 bridgehead atoms. The lowest BCUT2D eigenvalue weighted by Crippen LogP contribution is -2.03. The van der Waals surface area contributed by atoms with Gasteiger partial charge in [-0.05, 0) is 96.5 Å². The van der Waals surface area contributed by atoms with E-state index >= 15 is 0 Å². The first-order chi connectivity index (χ1) is 22.4. The average Bonchev–Trinajstić information content (AvgIpc) is 3.08. The van der Waals surface area contributed by atoms with Crippen LogP contribution < -0.4 is 47.4 Å². The molecule has 0 fully saturated rings. The summed E-state index contributed by atoms with van der Waals surface area (Å²) in [6.45, 7) is 0. The number of hydrogen-bond donors (Lipinski definition) is 0. The average molecular weight is 633 g/mol. The Labute approximate surface area is 269 Å². The van der Waals surface area contributed by atoms with Crippen LogP contribution in [0.25, 0.3) is 0 Å². The molecule has 0 saturated carbocycles. The van der Waals surface area contributed by atoms with Crippen molar-refractivity contribution in [3.8, 4) is 69.0 Å². The van der Waals surface area contributed by atoms with Gasteiger partial charge in [0.25, 0.3) is 0 Å². The van der Waals surface area contributed by atoms with Gasteiger partial charge in [-0.1, -0.05) is 0 Å². The SMILES string of the molecule is COc1cc2cc(c1OC)Oc1cc(cc(OC)c1OC)CCc1cc(OC)c(OC)c(c1)Oc1cc(cc(OC)c1OC)CC2. The van der Waals surface area contributed by atoms with Crippen molar-refractivity contribution >= 4 is 0 Å². The third-order valence-corrected chi connectivity index (χ3v) is 7.86. The molecule has 10 heteroatoms.